The Morgan fingerprint density at radius 2 is 1.49 bits per heavy atom. The average Bonchev–Trinajstić information content (AvgIpc) is 3.36. The first kappa shape index (κ1) is 38.6. The number of hydrogen-bond donors (Lipinski definition) is 13. The zero-order valence-corrected chi connectivity index (χ0v) is 26.4. The summed E-state index contributed by atoms with van der Waals surface area (Å²) in [7, 11) is 0. The molecule has 4 aliphatic rings. The first-order chi connectivity index (χ1) is 22.5. The van der Waals surface area contributed by atoms with Crippen molar-refractivity contribution >= 4 is 0 Å². The predicted octanol–water partition coefficient (Wildman–Crippen LogP) is -7.11. The fourth-order valence-electron chi connectivity index (χ4n) is 6.24. The van der Waals surface area contributed by atoms with Gasteiger partial charge in [-0.1, -0.05) is 0 Å². The van der Waals surface area contributed by atoms with Crippen LogP contribution < -0.4 is 39.3 Å². The molecule has 4 rings (SSSR count). The largest absolute Gasteiger partial charge is 0.467 e. The Morgan fingerprint density at radius 1 is 0.787 bits per heavy atom. The van der Waals surface area contributed by atoms with Crippen LogP contribution in [0.5, 0.6) is 0 Å². The minimum absolute atomic E-state index is 0.146. The molecule has 0 aromatic rings. The first-order valence-electron chi connectivity index (χ1n) is 16.2. The van der Waals surface area contributed by atoms with E-state index in [1.54, 1.807) is 0 Å². The highest BCUT2D eigenvalue weighted by Crippen LogP contribution is 2.34. The summed E-state index contributed by atoms with van der Waals surface area (Å²) in [5.74, 6) is 0.622. The summed E-state index contributed by atoms with van der Waals surface area (Å²) in [5.41, 5.74) is 30.2. The molecule has 3 fully saturated rings. The SMILES string of the molecule is NCCCNCC1=CC[C@@H](N)[C@@H](O[C@H]2[C@H](O[C@@H]3O[C@H](CO)[C@@H](O[C@H]4O[C@@H](CN)[C@@H](O)[C@H](O)[C@H]4N)[C@H]3O)[C@@H](O)[C@H](NCCO)C[C@@H]2N)O1. The van der Waals surface area contributed by atoms with Gasteiger partial charge in [-0.2, -0.15) is 0 Å². The van der Waals surface area contributed by atoms with Gasteiger partial charge >= 0.3 is 0 Å². The zero-order valence-electron chi connectivity index (χ0n) is 26.4. The van der Waals surface area contributed by atoms with Crippen LogP contribution in [0.1, 0.15) is 19.3 Å². The van der Waals surface area contributed by atoms with Crippen molar-refractivity contribution in [3.8, 4) is 0 Å². The van der Waals surface area contributed by atoms with E-state index in [1.165, 1.54) is 0 Å². The third-order valence-electron chi connectivity index (χ3n) is 8.96. The first-order valence-corrected chi connectivity index (χ1v) is 16.2. The van der Waals surface area contributed by atoms with Crippen molar-refractivity contribution in [3.05, 3.63) is 11.8 Å². The van der Waals surface area contributed by atoms with Gasteiger partial charge in [-0.3, -0.25) is 0 Å². The van der Waals surface area contributed by atoms with Gasteiger partial charge < -0.3 is 98.4 Å². The quantitative estimate of drug-likeness (QED) is 0.0673. The van der Waals surface area contributed by atoms with Gasteiger partial charge in [0.05, 0.1) is 37.9 Å². The van der Waals surface area contributed by atoms with Crippen LogP contribution in [0.25, 0.3) is 0 Å². The van der Waals surface area contributed by atoms with E-state index in [9.17, 15) is 30.6 Å². The number of aliphatic hydroxyl groups excluding tert-OH is 6. The molecule has 0 radical (unpaired) electrons. The highest BCUT2D eigenvalue weighted by atomic mass is 16.8. The lowest BCUT2D eigenvalue weighted by atomic mass is 9.83. The summed E-state index contributed by atoms with van der Waals surface area (Å²) in [5, 5.41) is 69.1. The second-order valence-corrected chi connectivity index (χ2v) is 12.4. The van der Waals surface area contributed by atoms with Crippen molar-refractivity contribution in [2.24, 2.45) is 28.7 Å². The predicted molar refractivity (Wildman–Crippen MR) is 164 cm³/mol. The summed E-state index contributed by atoms with van der Waals surface area (Å²) >= 11 is 0. The Labute approximate surface area is 273 Å². The fourth-order valence-corrected chi connectivity index (χ4v) is 6.24. The topological polar surface area (TPSA) is 331 Å². The van der Waals surface area contributed by atoms with E-state index in [-0.39, 0.29) is 26.1 Å². The van der Waals surface area contributed by atoms with Gasteiger partial charge in [0.1, 0.15) is 54.6 Å². The molecule has 16 atom stereocenters. The van der Waals surface area contributed by atoms with E-state index in [1.807, 2.05) is 6.08 Å². The molecule has 3 aliphatic heterocycles. The summed E-state index contributed by atoms with van der Waals surface area (Å²) in [6.07, 6.45) is -11.6. The van der Waals surface area contributed by atoms with E-state index in [2.05, 4.69) is 10.6 Å². The Morgan fingerprint density at radius 3 is 2.17 bits per heavy atom. The molecule has 0 aromatic carbocycles. The lowest BCUT2D eigenvalue weighted by Crippen LogP contribution is -2.66. The van der Waals surface area contributed by atoms with Crippen molar-refractivity contribution < 1.29 is 59.1 Å². The van der Waals surface area contributed by atoms with E-state index in [4.69, 9.17) is 57.1 Å². The molecule has 0 spiro atoms. The smallest absolute Gasteiger partial charge is 0.215 e. The van der Waals surface area contributed by atoms with Crippen molar-refractivity contribution in [2.75, 3.05) is 45.9 Å². The summed E-state index contributed by atoms with van der Waals surface area (Å²) < 4.78 is 35.9. The van der Waals surface area contributed by atoms with Crippen LogP contribution in [0.3, 0.4) is 0 Å². The number of rotatable bonds is 16. The molecule has 2 saturated heterocycles. The van der Waals surface area contributed by atoms with Gasteiger partial charge in [-0.25, -0.2) is 0 Å². The van der Waals surface area contributed by atoms with Crippen molar-refractivity contribution in [3.63, 3.8) is 0 Å². The van der Waals surface area contributed by atoms with E-state index >= 15 is 0 Å². The van der Waals surface area contributed by atoms with Gasteiger partial charge in [-0.05, 0) is 38.4 Å². The van der Waals surface area contributed by atoms with Crippen LogP contribution in [0, 0.1) is 0 Å². The molecule has 3 heterocycles. The Hall–Kier alpha value is -1.18. The molecule has 18 N–H and O–H groups in total. The van der Waals surface area contributed by atoms with Gasteiger partial charge in [0.25, 0.3) is 0 Å². The second kappa shape index (κ2) is 18.2. The summed E-state index contributed by atoms with van der Waals surface area (Å²) in [6.45, 7) is 0.912. The minimum atomic E-state index is -1.56. The minimum Gasteiger partial charge on any atom is -0.467 e. The monoisotopic (exact) mass is 681 g/mol. The lowest BCUT2D eigenvalue weighted by molar-refractivity contribution is -0.282. The van der Waals surface area contributed by atoms with Crippen LogP contribution in [0.15, 0.2) is 11.8 Å². The van der Waals surface area contributed by atoms with E-state index in [0.717, 1.165) is 6.42 Å². The Bertz CT molecular complexity index is 975. The van der Waals surface area contributed by atoms with Crippen molar-refractivity contribution in [2.45, 2.75) is 117 Å². The Kier molecular flexibility index (Phi) is 14.9. The number of ether oxygens (including phenoxy) is 6. The fraction of sp³-hybridized carbons (Fsp3) is 0.929. The van der Waals surface area contributed by atoms with Gasteiger partial charge in [0.15, 0.2) is 12.6 Å². The van der Waals surface area contributed by atoms with Crippen LogP contribution in [-0.4, -0.2) is 175 Å². The molecule has 19 heteroatoms. The Balaban J connectivity index is 1.49. The van der Waals surface area contributed by atoms with Crippen molar-refractivity contribution in [1.29, 1.82) is 0 Å². The van der Waals surface area contributed by atoms with E-state index < -0.39 is 105 Å². The zero-order chi connectivity index (χ0) is 34.2. The van der Waals surface area contributed by atoms with Crippen LogP contribution in [-0.2, 0) is 28.4 Å². The average molecular weight is 682 g/mol. The maximum Gasteiger partial charge on any atom is 0.215 e. The summed E-state index contributed by atoms with van der Waals surface area (Å²) in [4.78, 5) is 0. The van der Waals surface area contributed by atoms with Gasteiger partial charge in [0, 0.05) is 25.2 Å². The van der Waals surface area contributed by atoms with Crippen molar-refractivity contribution in [1.82, 2.24) is 10.6 Å². The number of nitrogens with one attached hydrogen (secondary N) is 2. The van der Waals surface area contributed by atoms with Crippen LogP contribution in [0.2, 0.25) is 0 Å². The third kappa shape index (κ3) is 9.34. The van der Waals surface area contributed by atoms with E-state index in [0.29, 0.717) is 31.8 Å². The van der Waals surface area contributed by atoms with Crippen LogP contribution in [0.4, 0.5) is 0 Å². The standard InChI is InChI=1S/C28H55N7O12/c29-4-1-5-34-10-12-2-3-13(31)26(42-12)45-23-14(32)8-15(35-6-7-36)19(38)25(23)47-28-22(41)24(17(11-37)44-28)46-27-18(33)21(40)20(39)16(9-30)43-27/h2,13-28,34-41H,1,3-11,29-33H2/t13-,14+,15-,16+,17-,18-,19+,20-,21-,22-,23-,24-,25-,26-,27-,28+/m1/s1. The number of hydrogen-bond acceptors (Lipinski definition) is 19. The number of aliphatic hydroxyl groups is 6. The molecule has 274 valence electrons. The molecule has 47 heavy (non-hydrogen) atoms. The van der Waals surface area contributed by atoms with Gasteiger partial charge in [-0.15, -0.1) is 0 Å². The summed E-state index contributed by atoms with van der Waals surface area (Å²) in [6, 6.07) is -3.13. The molecular weight excluding hydrogens is 626 g/mol. The molecule has 1 saturated carbocycles. The molecular formula is C28H55N7O12. The number of nitrogens with two attached hydrogens (primary N) is 5. The second-order valence-electron chi connectivity index (χ2n) is 12.4. The molecule has 0 aromatic heterocycles. The van der Waals surface area contributed by atoms with Gasteiger partial charge in [0.2, 0.25) is 6.29 Å². The maximum atomic E-state index is 11.5. The molecule has 0 amide bonds. The van der Waals surface area contributed by atoms with Crippen LogP contribution >= 0.6 is 0 Å². The maximum absolute atomic E-state index is 11.5. The molecule has 19 nitrogen and oxygen atoms in total. The normalized spacial score (nSPS) is 44.3. The lowest BCUT2D eigenvalue weighted by Gasteiger charge is -2.46. The third-order valence-corrected chi connectivity index (χ3v) is 8.96. The molecule has 1 aliphatic carbocycles. The molecule has 0 unspecified atom stereocenters. The highest BCUT2D eigenvalue weighted by Gasteiger charge is 2.53. The molecule has 0 bridgehead atoms. The highest BCUT2D eigenvalue weighted by molar-refractivity contribution is 5.05.